The van der Waals surface area contributed by atoms with Crippen LogP contribution in [-0.4, -0.2) is 145 Å². The third-order valence-corrected chi connectivity index (χ3v) is 7.75. The van der Waals surface area contributed by atoms with Gasteiger partial charge in [0, 0.05) is 32.8 Å². The molecule has 5 aliphatic heterocycles. The van der Waals surface area contributed by atoms with Crippen molar-refractivity contribution in [2.24, 2.45) is 5.92 Å². The van der Waals surface area contributed by atoms with Crippen molar-refractivity contribution in [1.82, 2.24) is 24.5 Å². The molecule has 0 saturated carbocycles. The topological polar surface area (TPSA) is 34.7 Å². The van der Waals surface area contributed by atoms with Gasteiger partial charge in [-0.15, -0.1) is 0 Å². The summed E-state index contributed by atoms with van der Waals surface area (Å²) in [6, 6.07) is 0. The quantitative estimate of drug-likeness (QED) is 0.284. The van der Waals surface area contributed by atoms with Gasteiger partial charge in [0.1, 0.15) is 0 Å². The Morgan fingerprint density at radius 3 is 1.12 bits per heavy atom. The van der Waals surface area contributed by atoms with Crippen LogP contribution in [0.5, 0.6) is 0 Å². The summed E-state index contributed by atoms with van der Waals surface area (Å²) in [6.45, 7) is 17.3. The summed E-state index contributed by atoms with van der Waals surface area (Å²) in [5, 5.41) is 0. The molecule has 0 aromatic heterocycles. The molecule has 0 amide bonds. The van der Waals surface area contributed by atoms with Gasteiger partial charge in [0.05, 0.1) is 13.3 Å². The van der Waals surface area contributed by atoms with Gasteiger partial charge < -0.3 is 29.1 Å². The Bertz CT molecular complexity index is 436. The third kappa shape index (κ3) is 32.6. The minimum absolute atomic E-state index is 0. The highest BCUT2D eigenvalue weighted by molar-refractivity contribution is 4.65. The first-order chi connectivity index (χ1) is 17.9. The van der Waals surface area contributed by atoms with Crippen LogP contribution in [0.4, 0.5) is 0 Å². The first-order valence-electron chi connectivity index (χ1n) is 15.4. The van der Waals surface area contributed by atoms with Gasteiger partial charge in [-0.3, -0.25) is 4.90 Å². The Kier molecular flexibility index (Phi) is 43.0. The molecule has 0 unspecified atom stereocenters. The zero-order valence-electron chi connectivity index (χ0n) is 25.9. The monoisotopic (exact) mass is 608 g/mol. The Hall–Kier alpha value is -0.280. The molecule has 5 aliphatic rings. The maximum atomic E-state index is 5.22. The zero-order valence-corrected chi connectivity index (χ0v) is 25.9. The van der Waals surface area contributed by atoms with Gasteiger partial charge >= 0.3 is 0 Å². The van der Waals surface area contributed by atoms with E-state index in [0.717, 1.165) is 39.0 Å². The lowest BCUT2D eigenvalue weighted by Gasteiger charge is -2.26. The zero-order chi connectivity index (χ0) is 27.1. The van der Waals surface area contributed by atoms with Crippen molar-refractivity contribution in [1.29, 1.82) is 0 Å². The Morgan fingerprint density at radius 1 is 0.381 bits per heavy atom. The van der Waals surface area contributed by atoms with Gasteiger partial charge in [-0.05, 0) is 132 Å². The average Bonchev–Trinajstić information content (AvgIpc) is 3.09. The van der Waals surface area contributed by atoms with Crippen LogP contribution in [0, 0.1) is 5.92 Å². The fraction of sp³-hybridized carbons (Fsp3) is 1.00. The molecule has 0 radical (unpaired) electrons. The van der Waals surface area contributed by atoms with E-state index in [0.29, 0.717) is 0 Å². The fourth-order valence-electron chi connectivity index (χ4n) is 4.83. The first-order valence-corrected chi connectivity index (χ1v) is 15.4. The van der Waals surface area contributed by atoms with Crippen LogP contribution in [0.3, 0.4) is 0 Å². The highest BCUT2D eigenvalue weighted by Crippen LogP contribution is 2.13. The molecule has 5 fully saturated rings. The van der Waals surface area contributed by atoms with E-state index in [9.17, 15) is 0 Å². The van der Waals surface area contributed by atoms with Crippen LogP contribution in [-0.2, 0) is 9.47 Å². The lowest BCUT2D eigenvalue weighted by molar-refractivity contribution is 0.00118. The molecule has 262 valence electrons. The summed E-state index contributed by atoms with van der Waals surface area (Å²) in [7, 11) is 10.8. The van der Waals surface area contributed by atoms with E-state index in [1.165, 1.54) is 117 Å². The molecule has 7 heteroatoms. The first kappa shape index (κ1) is 51.3. The Balaban J connectivity index is -0.000000132. The standard InChI is InChI=1S/2C7H15N.C6H13NO.C5H11NO.C5H11N.5CH4/c1-7-3-5-8(2)6-4-7;1-8-6-4-2-3-5-7-8;1-7-3-2-5-8-6-4-7;1-6-3-2-4-7-5-6;1-6-4-2-3-5-6;;;;;/h7H,3-6H2,1-2H3;2-7H2,1H3;2-6H2,1H3;2-5H2,1H3;2-5H2,1H3;5*1H4. The molecule has 0 aromatic rings. The second kappa shape index (κ2) is 35.2. The van der Waals surface area contributed by atoms with E-state index >= 15 is 0 Å². The summed E-state index contributed by atoms with van der Waals surface area (Å²) >= 11 is 0. The smallest absolute Gasteiger partial charge is 0.0987 e. The van der Waals surface area contributed by atoms with Crippen molar-refractivity contribution < 1.29 is 9.47 Å². The van der Waals surface area contributed by atoms with E-state index in [4.69, 9.17) is 9.47 Å². The molecule has 0 bridgehead atoms. The van der Waals surface area contributed by atoms with Gasteiger partial charge in [-0.2, -0.15) is 0 Å². The summed E-state index contributed by atoms with van der Waals surface area (Å²) < 4.78 is 10.3. The van der Waals surface area contributed by atoms with Gasteiger partial charge in [-0.25, -0.2) is 0 Å². The van der Waals surface area contributed by atoms with Crippen LogP contribution in [0.1, 0.15) is 108 Å². The number of likely N-dealkylation sites (tertiary alicyclic amines) is 3. The van der Waals surface area contributed by atoms with Gasteiger partial charge in [-0.1, -0.05) is 56.9 Å². The van der Waals surface area contributed by atoms with Crippen molar-refractivity contribution in [3.63, 3.8) is 0 Å². The van der Waals surface area contributed by atoms with Crippen molar-refractivity contribution in [3.8, 4) is 0 Å². The number of hydrogen-bond donors (Lipinski definition) is 0. The minimum Gasteiger partial charge on any atom is -0.380 e. The van der Waals surface area contributed by atoms with Crippen LogP contribution < -0.4 is 0 Å². The molecule has 0 N–H and O–H groups in total. The largest absolute Gasteiger partial charge is 0.380 e. The maximum absolute atomic E-state index is 5.22. The predicted molar refractivity (Wildman–Crippen MR) is 193 cm³/mol. The molecule has 42 heavy (non-hydrogen) atoms. The highest BCUT2D eigenvalue weighted by Gasteiger charge is 2.10. The SMILES string of the molecule is C.C.C.C.C.CC1CCN(C)CC1.CN1CCCC1.CN1CCCCCC1.CN1CCCOC1.CN1CCCOCC1. The van der Waals surface area contributed by atoms with Crippen molar-refractivity contribution in [3.05, 3.63) is 0 Å². The van der Waals surface area contributed by atoms with Gasteiger partial charge in [0.25, 0.3) is 0 Å². The summed E-state index contributed by atoms with van der Waals surface area (Å²) in [6.07, 6.45) is 13.7. The van der Waals surface area contributed by atoms with Crippen molar-refractivity contribution >= 4 is 0 Å². The van der Waals surface area contributed by atoms with E-state index in [-0.39, 0.29) is 37.1 Å². The molecule has 0 spiro atoms. The van der Waals surface area contributed by atoms with E-state index in [1.54, 1.807) is 0 Å². The molecule has 0 atom stereocenters. The fourth-order valence-corrected chi connectivity index (χ4v) is 4.83. The lowest BCUT2D eigenvalue weighted by Crippen LogP contribution is -2.28. The van der Waals surface area contributed by atoms with Gasteiger partial charge in [0.2, 0.25) is 0 Å². The number of ether oxygens (including phenoxy) is 2. The highest BCUT2D eigenvalue weighted by atomic mass is 16.5. The van der Waals surface area contributed by atoms with E-state index < -0.39 is 0 Å². The predicted octanol–water partition coefficient (Wildman–Crippen LogP) is 7.37. The molecule has 5 heterocycles. The average molecular weight is 608 g/mol. The lowest BCUT2D eigenvalue weighted by atomic mass is 10.00. The van der Waals surface area contributed by atoms with Crippen LogP contribution >= 0.6 is 0 Å². The normalized spacial score (nSPS) is 22.4. The molecule has 7 nitrogen and oxygen atoms in total. The van der Waals surface area contributed by atoms with Crippen LogP contribution in [0.15, 0.2) is 0 Å². The summed E-state index contributed by atoms with van der Waals surface area (Å²) in [4.78, 5) is 11.7. The van der Waals surface area contributed by atoms with Crippen molar-refractivity contribution in [2.45, 2.75) is 108 Å². The van der Waals surface area contributed by atoms with Gasteiger partial charge in [0.15, 0.2) is 0 Å². The minimum atomic E-state index is 0. The Labute approximate surface area is 268 Å². The number of piperidine rings is 1. The molecule has 0 aliphatic carbocycles. The third-order valence-electron chi connectivity index (χ3n) is 7.75. The number of hydrogen-bond acceptors (Lipinski definition) is 7. The summed E-state index contributed by atoms with van der Waals surface area (Å²) in [5.74, 6) is 0.978. The van der Waals surface area contributed by atoms with Crippen LogP contribution in [0.25, 0.3) is 0 Å². The molecular weight excluding hydrogens is 522 g/mol. The van der Waals surface area contributed by atoms with Crippen molar-refractivity contribution in [2.75, 3.05) is 121 Å². The number of nitrogens with zero attached hydrogens (tertiary/aromatic N) is 5. The maximum Gasteiger partial charge on any atom is 0.0987 e. The van der Waals surface area contributed by atoms with E-state index in [1.807, 2.05) is 0 Å². The molecular formula is C35H85N5O2. The molecule has 0 aromatic carbocycles. The molecule has 5 saturated heterocycles. The van der Waals surface area contributed by atoms with Crippen LogP contribution in [0.2, 0.25) is 0 Å². The second-order valence-electron chi connectivity index (χ2n) is 12.0. The molecule has 5 rings (SSSR count). The summed E-state index contributed by atoms with van der Waals surface area (Å²) in [5.41, 5.74) is 0. The van der Waals surface area contributed by atoms with E-state index in [2.05, 4.69) is 66.7 Å². The number of likely N-dealkylation sites (N-methyl/N-ethyl adjacent to an activating group) is 1. The Morgan fingerprint density at radius 2 is 0.738 bits per heavy atom. The number of rotatable bonds is 0. The second-order valence-corrected chi connectivity index (χ2v) is 12.0.